The monoisotopic (exact) mass is 308 g/mol. The fourth-order valence-electron chi connectivity index (χ4n) is 1.74. The Balaban J connectivity index is 1.92. The first-order valence-corrected chi connectivity index (χ1v) is 6.58. The highest BCUT2D eigenvalue weighted by atomic mass is 35.5. The molecule has 1 aromatic heterocycles. The first kappa shape index (κ1) is 15.0. The van der Waals surface area contributed by atoms with Gasteiger partial charge in [0.25, 0.3) is 0 Å². The molecule has 0 aliphatic heterocycles. The summed E-state index contributed by atoms with van der Waals surface area (Å²) in [5.74, 6) is -0.445. The summed E-state index contributed by atoms with van der Waals surface area (Å²) in [5.41, 5.74) is 1.45. The smallest absolute Gasteiger partial charge is 0.358 e. The minimum absolute atomic E-state index is 0.158. The number of hydrogen-bond acceptors (Lipinski definition) is 4. The maximum absolute atomic E-state index is 11.9. The van der Waals surface area contributed by atoms with Gasteiger partial charge in [-0.3, -0.25) is 4.79 Å². The molecule has 110 valence electrons. The van der Waals surface area contributed by atoms with E-state index in [1.807, 2.05) is 6.92 Å². The normalized spacial score (nSPS) is 10.4. The van der Waals surface area contributed by atoms with Crippen LogP contribution in [0.1, 0.15) is 12.0 Å². The van der Waals surface area contributed by atoms with Crippen molar-refractivity contribution in [2.45, 2.75) is 19.9 Å². The number of anilines is 1. The van der Waals surface area contributed by atoms with Crippen LogP contribution >= 0.6 is 11.6 Å². The molecule has 1 amide bonds. The maximum atomic E-state index is 11.9. The lowest BCUT2D eigenvalue weighted by atomic mass is 10.2. The number of nitro groups is 1. The van der Waals surface area contributed by atoms with E-state index in [0.29, 0.717) is 10.7 Å². The molecule has 0 bridgehead atoms. The lowest BCUT2D eigenvalue weighted by Gasteiger charge is -2.08. The number of nitrogens with zero attached hydrogens (tertiary/aromatic N) is 3. The molecule has 0 radical (unpaired) electrons. The predicted molar refractivity (Wildman–Crippen MR) is 78.3 cm³/mol. The lowest BCUT2D eigenvalue weighted by Crippen LogP contribution is -2.15. The standard InChI is InChI=1S/C13H13ClN4O3/c1-9-10(14)3-2-4-11(9)15-13(19)6-8-17-7-5-12(16-17)18(20)21/h2-5,7H,6,8H2,1H3,(H,15,19). The third-order valence-electron chi connectivity index (χ3n) is 2.92. The molecule has 0 atom stereocenters. The zero-order valence-electron chi connectivity index (χ0n) is 11.2. The van der Waals surface area contributed by atoms with Gasteiger partial charge in [0.2, 0.25) is 5.91 Å². The molecule has 0 spiro atoms. The quantitative estimate of drug-likeness (QED) is 0.679. The third kappa shape index (κ3) is 3.79. The van der Waals surface area contributed by atoms with Crippen LogP contribution in [0.4, 0.5) is 11.5 Å². The highest BCUT2D eigenvalue weighted by Crippen LogP contribution is 2.23. The number of benzene rings is 1. The minimum atomic E-state index is -0.577. The minimum Gasteiger partial charge on any atom is -0.358 e. The Labute approximate surface area is 125 Å². The van der Waals surface area contributed by atoms with E-state index in [4.69, 9.17) is 11.6 Å². The molecule has 0 unspecified atom stereocenters. The van der Waals surface area contributed by atoms with E-state index in [1.54, 1.807) is 18.2 Å². The van der Waals surface area contributed by atoms with Crippen molar-refractivity contribution in [2.75, 3.05) is 5.32 Å². The van der Waals surface area contributed by atoms with E-state index in [0.717, 1.165) is 5.56 Å². The Morgan fingerprint density at radius 1 is 1.48 bits per heavy atom. The number of carbonyl (C=O) groups excluding carboxylic acids is 1. The van der Waals surface area contributed by atoms with Crippen LogP contribution in [0.2, 0.25) is 5.02 Å². The van der Waals surface area contributed by atoms with Gasteiger partial charge in [-0.2, -0.15) is 4.68 Å². The molecule has 8 heteroatoms. The number of hydrogen-bond donors (Lipinski definition) is 1. The zero-order valence-corrected chi connectivity index (χ0v) is 12.0. The molecule has 1 heterocycles. The molecule has 1 N–H and O–H groups in total. The van der Waals surface area contributed by atoms with Crippen LogP contribution in [0.5, 0.6) is 0 Å². The van der Waals surface area contributed by atoms with Crippen LogP contribution in [-0.2, 0) is 11.3 Å². The Kier molecular flexibility index (Phi) is 4.54. The summed E-state index contributed by atoms with van der Waals surface area (Å²) in [5, 5.41) is 17.6. The van der Waals surface area contributed by atoms with E-state index >= 15 is 0 Å². The van der Waals surface area contributed by atoms with Crippen LogP contribution in [0.15, 0.2) is 30.5 Å². The summed E-state index contributed by atoms with van der Waals surface area (Å²) in [7, 11) is 0. The molecular weight excluding hydrogens is 296 g/mol. The van der Waals surface area contributed by atoms with Crippen LogP contribution < -0.4 is 5.32 Å². The number of rotatable bonds is 5. The van der Waals surface area contributed by atoms with Crippen LogP contribution in [-0.4, -0.2) is 20.6 Å². The molecule has 0 saturated carbocycles. The van der Waals surface area contributed by atoms with Crippen molar-refractivity contribution in [1.29, 1.82) is 0 Å². The molecule has 21 heavy (non-hydrogen) atoms. The van der Waals surface area contributed by atoms with E-state index in [2.05, 4.69) is 10.4 Å². The number of amides is 1. The van der Waals surface area contributed by atoms with Crippen molar-refractivity contribution in [3.05, 3.63) is 51.2 Å². The van der Waals surface area contributed by atoms with Crippen LogP contribution in [0.25, 0.3) is 0 Å². The number of aryl methyl sites for hydroxylation is 1. The van der Waals surface area contributed by atoms with Crippen LogP contribution in [0, 0.1) is 17.0 Å². The molecule has 0 fully saturated rings. The lowest BCUT2D eigenvalue weighted by molar-refractivity contribution is -0.389. The van der Waals surface area contributed by atoms with Crippen LogP contribution in [0.3, 0.4) is 0 Å². The summed E-state index contributed by atoms with van der Waals surface area (Å²) in [4.78, 5) is 21.8. The molecule has 2 rings (SSSR count). The highest BCUT2D eigenvalue weighted by Gasteiger charge is 2.12. The van der Waals surface area contributed by atoms with Gasteiger partial charge in [-0.1, -0.05) is 17.7 Å². The molecule has 0 aliphatic carbocycles. The molecule has 1 aromatic carbocycles. The highest BCUT2D eigenvalue weighted by molar-refractivity contribution is 6.31. The largest absolute Gasteiger partial charge is 0.389 e. The average molecular weight is 309 g/mol. The first-order valence-electron chi connectivity index (χ1n) is 6.20. The van der Waals surface area contributed by atoms with Gasteiger partial charge in [0, 0.05) is 17.1 Å². The number of nitrogens with one attached hydrogen (secondary N) is 1. The fraction of sp³-hybridized carbons (Fsp3) is 0.231. The molecule has 7 nitrogen and oxygen atoms in total. The zero-order chi connectivity index (χ0) is 15.4. The van der Waals surface area contributed by atoms with Crippen molar-refractivity contribution >= 4 is 29.0 Å². The number of halogens is 1. The molecule has 0 aliphatic rings. The van der Waals surface area contributed by atoms with Gasteiger partial charge in [-0.25, -0.2) is 0 Å². The summed E-state index contributed by atoms with van der Waals surface area (Å²) in [6.07, 6.45) is 1.63. The topological polar surface area (TPSA) is 90.1 Å². The maximum Gasteiger partial charge on any atom is 0.389 e. The molecule has 2 aromatic rings. The predicted octanol–water partition coefficient (Wildman–Crippen LogP) is 2.78. The number of aromatic nitrogens is 2. The van der Waals surface area contributed by atoms with Gasteiger partial charge in [0.1, 0.15) is 0 Å². The van der Waals surface area contributed by atoms with Crippen molar-refractivity contribution < 1.29 is 9.72 Å². The summed E-state index contributed by atoms with van der Waals surface area (Å²) < 4.78 is 1.36. The van der Waals surface area contributed by atoms with E-state index in [-0.39, 0.29) is 24.7 Å². The first-order chi connectivity index (χ1) is 9.97. The van der Waals surface area contributed by atoms with Gasteiger partial charge in [-0.15, -0.1) is 0 Å². The van der Waals surface area contributed by atoms with Gasteiger partial charge in [0.05, 0.1) is 23.9 Å². The average Bonchev–Trinajstić information content (AvgIpc) is 2.91. The second-order valence-corrected chi connectivity index (χ2v) is 4.81. The van der Waals surface area contributed by atoms with Gasteiger partial charge >= 0.3 is 5.82 Å². The van der Waals surface area contributed by atoms with Crippen molar-refractivity contribution in [3.8, 4) is 0 Å². The van der Waals surface area contributed by atoms with Gasteiger partial charge < -0.3 is 15.4 Å². The van der Waals surface area contributed by atoms with Crippen molar-refractivity contribution in [2.24, 2.45) is 0 Å². The summed E-state index contributed by atoms with van der Waals surface area (Å²) >= 11 is 5.97. The Morgan fingerprint density at radius 3 is 2.90 bits per heavy atom. The van der Waals surface area contributed by atoms with E-state index in [1.165, 1.54) is 16.9 Å². The molecule has 0 saturated heterocycles. The third-order valence-corrected chi connectivity index (χ3v) is 3.33. The Morgan fingerprint density at radius 2 is 2.24 bits per heavy atom. The van der Waals surface area contributed by atoms with E-state index in [9.17, 15) is 14.9 Å². The Hall–Kier alpha value is -2.41. The second kappa shape index (κ2) is 6.36. The van der Waals surface area contributed by atoms with Gasteiger partial charge in [-0.05, 0) is 29.5 Å². The summed E-state index contributed by atoms with van der Waals surface area (Å²) in [6, 6.07) is 6.55. The SMILES string of the molecule is Cc1c(Cl)cccc1NC(=O)CCn1ccc([N+](=O)[O-])n1. The second-order valence-electron chi connectivity index (χ2n) is 4.40. The van der Waals surface area contributed by atoms with Crippen molar-refractivity contribution in [1.82, 2.24) is 9.78 Å². The molecular formula is C13H13ClN4O3. The van der Waals surface area contributed by atoms with E-state index < -0.39 is 4.92 Å². The van der Waals surface area contributed by atoms with Crippen molar-refractivity contribution in [3.63, 3.8) is 0 Å². The Bertz CT molecular complexity index is 684. The van der Waals surface area contributed by atoms with Gasteiger partial charge in [0.15, 0.2) is 0 Å². The summed E-state index contributed by atoms with van der Waals surface area (Å²) in [6.45, 7) is 2.08. The fourth-order valence-corrected chi connectivity index (χ4v) is 1.92. The number of carbonyl (C=O) groups is 1.